The molecule has 0 saturated carbocycles. The van der Waals surface area contributed by atoms with E-state index < -0.39 is 0 Å². The quantitative estimate of drug-likeness (QED) is 0.475. The predicted molar refractivity (Wildman–Crippen MR) is 121 cm³/mol. The molecule has 0 unspecified atom stereocenters. The Labute approximate surface area is 186 Å². The number of rotatable bonds is 7. The van der Waals surface area contributed by atoms with Crippen LogP contribution in [-0.4, -0.2) is 44.7 Å². The lowest BCUT2D eigenvalue weighted by Crippen LogP contribution is -2.18. The molecular formula is C23H26N6O3. The lowest BCUT2D eigenvalue weighted by atomic mass is 10.1. The maximum absolute atomic E-state index is 13.1. The Kier molecular flexibility index (Phi) is 5.81. The minimum atomic E-state index is -0.256. The summed E-state index contributed by atoms with van der Waals surface area (Å²) in [5, 5.41) is 12.5. The Morgan fingerprint density at radius 3 is 2.69 bits per heavy atom. The molecule has 0 saturated heterocycles. The van der Waals surface area contributed by atoms with Gasteiger partial charge in [-0.15, -0.1) is 0 Å². The van der Waals surface area contributed by atoms with E-state index in [1.54, 1.807) is 37.4 Å². The number of para-hydroxylation sites is 1. The molecule has 166 valence electrons. The molecule has 1 N–H and O–H groups in total. The minimum Gasteiger partial charge on any atom is -0.493 e. The van der Waals surface area contributed by atoms with Gasteiger partial charge in [0.05, 0.1) is 44.4 Å². The maximum atomic E-state index is 13.1. The predicted octanol–water partition coefficient (Wildman–Crippen LogP) is 3.83. The summed E-state index contributed by atoms with van der Waals surface area (Å²) in [5.41, 5.74) is 2.78. The summed E-state index contributed by atoms with van der Waals surface area (Å²) in [4.78, 5) is 17.7. The Morgan fingerprint density at radius 2 is 1.97 bits per heavy atom. The standard InChI is InChI=1S/C23H26N6O3/c1-14(2)29-22-17(12-25-29)11-18(15(3)26-22)23(30)27-20-9-10-24-28(20)13-16-7-6-8-19(31-4)21(16)32-5/h6-12,14H,13H2,1-5H3,(H,27,30). The number of pyridine rings is 1. The van der Waals surface area contributed by atoms with E-state index in [9.17, 15) is 4.79 Å². The number of nitrogens with one attached hydrogen (secondary N) is 1. The number of ether oxygens (including phenoxy) is 2. The fourth-order valence-electron chi connectivity index (χ4n) is 3.66. The topological polar surface area (TPSA) is 96.1 Å². The summed E-state index contributed by atoms with van der Waals surface area (Å²) >= 11 is 0. The van der Waals surface area contributed by atoms with Crippen LogP contribution in [-0.2, 0) is 6.54 Å². The van der Waals surface area contributed by atoms with Crippen molar-refractivity contribution < 1.29 is 14.3 Å². The largest absolute Gasteiger partial charge is 0.493 e. The summed E-state index contributed by atoms with van der Waals surface area (Å²) in [6.07, 6.45) is 3.38. The highest BCUT2D eigenvalue weighted by Crippen LogP contribution is 2.31. The normalized spacial score (nSPS) is 11.2. The van der Waals surface area contributed by atoms with Crippen LogP contribution < -0.4 is 14.8 Å². The van der Waals surface area contributed by atoms with Gasteiger partial charge in [-0.2, -0.15) is 10.2 Å². The molecule has 0 aliphatic carbocycles. The van der Waals surface area contributed by atoms with Crippen molar-refractivity contribution in [2.24, 2.45) is 0 Å². The van der Waals surface area contributed by atoms with Crippen LogP contribution in [0.1, 0.15) is 41.5 Å². The molecule has 0 bridgehead atoms. The van der Waals surface area contributed by atoms with E-state index in [2.05, 4.69) is 20.5 Å². The molecule has 3 aromatic heterocycles. The van der Waals surface area contributed by atoms with Crippen molar-refractivity contribution >= 4 is 22.8 Å². The van der Waals surface area contributed by atoms with Crippen molar-refractivity contribution in [3.8, 4) is 11.5 Å². The summed E-state index contributed by atoms with van der Waals surface area (Å²) < 4.78 is 14.4. The second-order valence-corrected chi connectivity index (χ2v) is 7.70. The van der Waals surface area contributed by atoms with E-state index >= 15 is 0 Å². The highest BCUT2D eigenvalue weighted by molar-refractivity contribution is 6.06. The SMILES string of the molecule is COc1cccc(Cn2nccc2NC(=O)c2cc3cnn(C(C)C)c3nc2C)c1OC. The zero-order valence-electron chi connectivity index (χ0n) is 18.8. The molecule has 0 aliphatic rings. The smallest absolute Gasteiger partial charge is 0.258 e. The molecule has 1 amide bonds. The number of hydrogen-bond acceptors (Lipinski definition) is 6. The van der Waals surface area contributed by atoms with Crippen molar-refractivity contribution in [3.63, 3.8) is 0 Å². The van der Waals surface area contributed by atoms with Gasteiger partial charge in [-0.25, -0.2) is 14.3 Å². The van der Waals surface area contributed by atoms with Gasteiger partial charge in [-0.1, -0.05) is 12.1 Å². The van der Waals surface area contributed by atoms with Crippen molar-refractivity contribution in [1.82, 2.24) is 24.5 Å². The molecule has 4 aromatic rings. The average molecular weight is 435 g/mol. The number of nitrogens with zero attached hydrogens (tertiary/aromatic N) is 5. The third-order valence-electron chi connectivity index (χ3n) is 5.26. The zero-order valence-corrected chi connectivity index (χ0v) is 18.8. The number of carbonyl (C=O) groups excluding carboxylic acids is 1. The van der Waals surface area contributed by atoms with Gasteiger partial charge in [0, 0.05) is 23.1 Å². The van der Waals surface area contributed by atoms with Crippen LogP contribution in [0.15, 0.2) is 42.7 Å². The second-order valence-electron chi connectivity index (χ2n) is 7.70. The third-order valence-corrected chi connectivity index (χ3v) is 5.26. The van der Waals surface area contributed by atoms with Crippen molar-refractivity contribution in [2.45, 2.75) is 33.4 Å². The van der Waals surface area contributed by atoms with Gasteiger partial charge in [-0.3, -0.25) is 4.79 Å². The fourth-order valence-corrected chi connectivity index (χ4v) is 3.66. The van der Waals surface area contributed by atoms with Crippen molar-refractivity contribution in [2.75, 3.05) is 19.5 Å². The van der Waals surface area contributed by atoms with Gasteiger partial charge in [0.1, 0.15) is 5.82 Å². The van der Waals surface area contributed by atoms with Crippen LogP contribution >= 0.6 is 0 Å². The van der Waals surface area contributed by atoms with E-state index in [1.165, 1.54) is 0 Å². The van der Waals surface area contributed by atoms with Crippen LogP contribution in [0.5, 0.6) is 11.5 Å². The highest BCUT2D eigenvalue weighted by atomic mass is 16.5. The molecule has 32 heavy (non-hydrogen) atoms. The van der Waals surface area contributed by atoms with Gasteiger partial charge in [0.15, 0.2) is 17.1 Å². The van der Waals surface area contributed by atoms with E-state index in [1.807, 2.05) is 49.7 Å². The van der Waals surface area contributed by atoms with Gasteiger partial charge in [0.25, 0.3) is 5.91 Å². The lowest BCUT2D eigenvalue weighted by Gasteiger charge is -2.14. The zero-order chi connectivity index (χ0) is 22.8. The second kappa shape index (κ2) is 8.70. The van der Waals surface area contributed by atoms with Crippen LogP contribution in [0, 0.1) is 6.92 Å². The number of aromatic nitrogens is 5. The molecule has 0 radical (unpaired) electrons. The van der Waals surface area contributed by atoms with Crippen LogP contribution in [0.2, 0.25) is 0 Å². The molecule has 9 heteroatoms. The number of fused-ring (bicyclic) bond motifs is 1. The van der Waals surface area contributed by atoms with Gasteiger partial charge in [0.2, 0.25) is 0 Å². The number of aryl methyl sites for hydroxylation is 1. The molecular weight excluding hydrogens is 408 g/mol. The van der Waals surface area contributed by atoms with Gasteiger partial charge in [-0.05, 0) is 32.9 Å². The monoisotopic (exact) mass is 434 g/mol. The number of benzene rings is 1. The summed E-state index contributed by atoms with van der Waals surface area (Å²) in [5.74, 6) is 1.58. The first-order valence-corrected chi connectivity index (χ1v) is 10.3. The van der Waals surface area contributed by atoms with Crippen LogP contribution in [0.3, 0.4) is 0 Å². The Bertz CT molecular complexity index is 1270. The van der Waals surface area contributed by atoms with E-state index in [0.29, 0.717) is 35.1 Å². The molecule has 3 heterocycles. The molecule has 9 nitrogen and oxygen atoms in total. The molecule has 0 spiro atoms. The van der Waals surface area contributed by atoms with E-state index in [-0.39, 0.29) is 11.9 Å². The summed E-state index contributed by atoms with van der Waals surface area (Å²) in [6.45, 7) is 6.32. The Balaban J connectivity index is 1.60. The van der Waals surface area contributed by atoms with Crippen molar-refractivity contribution in [1.29, 1.82) is 0 Å². The van der Waals surface area contributed by atoms with E-state index in [0.717, 1.165) is 16.6 Å². The Hall–Kier alpha value is -3.88. The lowest BCUT2D eigenvalue weighted by molar-refractivity contribution is 0.102. The van der Waals surface area contributed by atoms with Gasteiger partial charge >= 0.3 is 0 Å². The first-order chi connectivity index (χ1) is 15.4. The maximum Gasteiger partial charge on any atom is 0.258 e. The number of hydrogen-bond donors (Lipinski definition) is 1. The van der Waals surface area contributed by atoms with Crippen LogP contribution in [0.4, 0.5) is 5.82 Å². The first kappa shape index (κ1) is 21.4. The molecule has 4 rings (SSSR count). The highest BCUT2D eigenvalue weighted by Gasteiger charge is 2.18. The third kappa shape index (κ3) is 3.89. The minimum absolute atomic E-state index is 0.182. The van der Waals surface area contributed by atoms with Crippen molar-refractivity contribution in [3.05, 3.63) is 59.5 Å². The summed E-state index contributed by atoms with van der Waals surface area (Å²) in [6, 6.07) is 9.42. The fraction of sp³-hybridized carbons (Fsp3) is 0.304. The first-order valence-electron chi connectivity index (χ1n) is 10.3. The Morgan fingerprint density at radius 1 is 1.16 bits per heavy atom. The molecule has 0 aliphatic heterocycles. The number of amides is 1. The number of carbonyl (C=O) groups is 1. The molecule has 1 aromatic carbocycles. The summed E-state index contributed by atoms with van der Waals surface area (Å²) in [7, 11) is 3.19. The van der Waals surface area contributed by atoms with Crippen LogP contribution in [0.25, 0.3) is 11.0 Å². The van der Waals surface area contributed by atoms with Gasteiger partial charge < -0.3 is 14.8 Å². The van der Waals surface area contributed by atoms with E-state index in [4.69, 9.17) is 9.47 Å². The molecule has 0 fully saturated rings. The number of methoxy groups -OCH3 is 2. The number of anilines is 1. The molecule has 0 atom stereocenters. The average Bonchev–Trinajstić information content (AvgIpc) is 3.39.